The minimum absolute atomic E-state index is 0.498. The SMILES string of the molecule is C=CCC(CC=C)c1cn(CC)c2ccccc12. The number of aromatic nitrogens is 1. The third-order valence-electron chi connectivity index (χ3n) is 3.50. The predicted molar refractivity (Wildman–Crippen MR) is 80.0 cm³/mol. The second-order valence-corrected chi connectivity index (χ2v) is 4.63. The van der Waals surface area contributed by atoms with Gasteiger partial charge < -0.3 is 4.57 Å². The fraction of sp³-hybridized carbons (Fsp3) is 0.294. The average Bonchev–Trinajstić information content (AvgIpc) is 2.77. The lowest BCUT2D eigenvalue weighted by Gasteiger charge is -2.11. The Balaban J connectivity index is 2.54. The molecule has 0 N–H and O–H groups in total. The van der Waals surface area contributed by atoms with Crippen molar-refractivity contribution in [2.45, 2.75) is 32.2 Å². The molecule has 18 heavy (non-hydrogen) atoms. The molecule has 0 aliphatic rings. The molecule has 0 atom stereocenters. The monoisotopic (exact) mass is 239 g/mol. The van der Waals surface area contributed by atoms with Crippen molar-refractivity contribution in [3.8, 4) is 0 Å². The van der Waals surface area contributed by atoms with Crippen LogP contribution < -0.4 is 0 Å². The predicted octanol–water partition coefficient (Wildman–Crippen LogP) is 4.90. The number of para-hydroxylation sites is 1. The van der Waals surface area contributed by atoms with Crippen molar-refractivity contribution in [2.24, 2.45) is 0 Å². The van der Waals surface area contributed by atoms with Gasteiger partial charge in [-0.1, -0.05) is 30.4 Å². The van der Waals surface area contributed by atoms with Crippen LogP contribution in [-0.2, 0) is 6.54 Å². The van der Waals surface area contributed by atoms with E-state index in [1.807, 2.05) is 12.2 Å². The zero-order valence-electron chi connectivity index (χ0n) is 11.1. The molecule has 1 aromatic heterocycles. The van der Waals surface area contributed by atoms with Crippen LogP contribution in [0.1, 0.15) is 31.2 Å². The summed E-state index contributed by atoms with van der Waals surface area (Å²) in [6, 6.07) is 8.64. The van der Waals surface area contributed by atoms with Crippen molar-refractivity contribution in [1.29, 1.82) is 0 Å². The Morgan fingerprint density at radius 2 is 1.83 bits per heavy atom. The number of nitrogens with zero attached hydrogens (tertiary/aromatic N) is 1. The summed E-state index contributed by atoms with van der Waals surface area (Å²) < 4.78 is 2.32. The summed E-state index contributed by atoms with van der Waals surface area (Å²) in [5.74, 6) is 0.498. The van der Waals surface area contributed by atoms with E-state index in [0.717, 1.165) is 19.4 Å². The van der Waals surface area contributed by atoms with E-state index in [4.69, 9.17) is 0 Å². The standard InChI is InChI=1S/C17H21N/c1-4-9-14(10-5-2)16-13-18(6-3)17-12-8-7-11-15(16)17/h4-5,7-8,11-14H,1-2,6,9-10H2,3H3. The van der Waals surface area contributed by atoms with E-state index in [2.05, 4.69) is 55.1 Å². The zero-order chi connectivity index (χ0) is 13.0. The van der Waals surface area contributed by atoms with Gasteiger partial charge in [0.2, 0.25) is 0 Å². The van der Waals surface area contributed by atoms with Gasteiger partial charge in [-0.25, -0.2) is 0 Å². The van der Waals surface area contributed by atoms with Gasteiger partial charge in [0.15, 0.2) is 0 Å². The molecule has 0 spiro atoms. The highest BCUT2D eigenvalue weighted by atomic mass is 14.9. The molecule has 0 aliphatic heterocycles. The molecule has 2 aromatic rings. The summed E-state index contributed by atoms with van der Waals surface area (Å²) in [6.07, 6.45) is 8.31. The van der Waals surface area contributed by atoms with Crippen LogP contribution in [-0.4, -0.2) is 4.57 Å². The van der Waals surface area contributed by atoms with E-state index >= 15 is 0 Å². The topological polar surface area (TPSA) is 4.93 Å². The second kappa shape index (κ2) is 5.72. The molecule has 1 aromatic carbocycles. The van der Waals surface area contributed by atoms with Crippen molar-refractivity contribution in [1.82, 2.24) is 4.57 Å². The van der Waals surface area contributed by atoms with Crippen molar-refractivity contribution in [3.05, 3.63) is 61.3 Å². The Morgan fingerprint density at radius 3 is 2.44 bits per heavy atom. The van der Waals surface area contributed by atoms with Crippen LogP contribution in [0, 0.1) is 0 Å². The quantitative estimate of drug-likeness (QED) is 0.632. The molecule has 0 amide bonds. The van der Waals surface area contributed by atoms with Crippen molar-refractivity contribution in [3.63, 3.8) is 0 Å². The maximum Gasteiger partial charge on any atom is 0.0483 e. The Kier molecular flexibility index (Phi) is 4.03. The largest absolute Gasteiger partial charge is 0.347 e. The van der Waals surface area contributed by atoms with E-state index in [1.54, 1.807) is 0 Å². The van der Waals surface area contributed by atoms with Gasteiger partial charge >= 0.3 is 0 Å². The highest BCUT2D eigenvalue weighted by Crippen LogP contribution is 2.32. The first-order valence-electron chi connectivity index (χ1n) is 6.61. The van der Waals surface area contributed by atoms with Crippen LogP contribution in [0.15, 0.2) is 55.8 Å². The lowest BCUT2D eigenvalue weighted by Crippen LogP contribution is -1.95. The summed E-state index contributed by atoms with van der Waals surface area (Å²) in [7, 11) is 0. The highest BCUT2D eigenvalue weighted by molar-refractivity contribution is 5.84. The number of hydrogen-bond donors (Lipinski definition) is 0. The number of aryl methyl sites for hydroxylation is 1. The number of hydrogen-bond acceptors (Lipinski definition) is 0. The van der Waals surface area contributed by atoms with Crippen molar-refractivity contribution in [2.75, 3.05) is 0 Å². The van der Waals surface area contributed by atoms with Crippen LogP contribution in [0.4, 0.5) is 0 Å². The van der Waals surface area contributed by atoms with Gasteiger partial charge in [-0.15, -0.1) is 13.2 Å². The van der Waals surface area contributed by atoms with Gasteiger partial charge in [-0.3, -0.25) is 0 Å². The number of rotatable bonds is 6. The molecular weight excluding hydrogens is 218 g/mol. The van der Waals surface area contributed by atoms with E-state index in [1.165, 1.54) is 16.5 Å². The van der Waals surface area contributed by atoms with Crippen molar-refractivity contribution >= 4 is 10.9 Å². The lowest BCUT2D eigenvalue weighted by molar-refractivity contribution is 0.707. The molecule has 94 valence electrons. The van der Waals surface area contributed by atoms with E-state index in [9.17, 15) is 0 Å². The Morgan fingerprint density at radius 1 is 1.17 bits per heavy atom. The van der Waals surface area contributed by atoms with Gasteiger partial charge in [-0.05, 0) is 37.3 Å². The van der Waals surface area contributed by atoms with E-state index < -0.39 is 0 Å². The molecule has 0 aliphatic carbocycles. The second-order valence-electron chi connectivity index (χ2n) is 4.63. The molecule has 1 nitrogen and oxygen atoms in total. The molecular formula is C17H21N. The zero-order valence-corrected chi connectivity index (χ0v) is 11.1. The number of allylic oxidation sites excluding steroid dienone is 2. The Labute approximate surface area is 109 Å². The van der Waals surface area contributed by atoms with Gasteiger partial charge in [0, 0.05) is 23.6 Å². The van der Waals surface area contributed by atoms with Gasteiger partial charge in [0.05, 0.1) is 0 Å². The fourth-order valence-corrected chi connectivity index (χ4v) is 2.61. The molecule has 0 saturated heterocycles. The normalized spacial score (nSPS) is 11.0. The summed E-state index contributed by atoms with van der Waals surface area (Å²) in [5.41, 5.74) is 2.75. The van der Waals surface area contributed by atoms with Crippen LogP contribution in [0.3, 0.4) is 0 Å². The molecule has 0 radical (unpaired) electrons. The highest BCUT2D eigenvalue weighted by Gasteiger charge is 2.15. The fourth-order valence-electron chi connectivity index (χ4n) is 2.61. The molecule has 1 heteroatoms. The average molecular weight is 239 g/mol. The Hall–Kier alpha value is -1.76. The molecule has 2 rings (SSSR count). The molecule has 0 fully saturated rings. The summed E-state index contributed by atoms with van der Waals surface area (Å²) in [6.45, 7) is 10.9. The molecule has 0 saturated carbocycles. The van der Waals surface area contributed by atoms with Gasteiger partial charge in [-0.2, -0.15) is 0 Å². The lowest BCUT2D eigenvalue weighted by atomic mass is 9.92. The first-order valence-corrected chi connectivity index (χ1v) is 6.61. The molecule has 0 unspecified atom stereocenters. The van der Waals surface area contributed by atoms with Gasteiger partial charge in [0.1, 0.15) is 0 Å². The van der Waals surface area contributed by atoms with Crippen LogP contribution in [0.25, 0.3) is 10.9 Å². The maximum absolute atomic E-state index is 3.87. The van der Waals surface area contributed by atoms with Gasteiger partial charge in [0.25, 0.3) is 0 Å². The Bertz CT molecular complexity index is 538. The van der Waals surface area contributed by atoms with Crippen LogP contribution in [0.5, 0.6) is 0 Å². The minimum Gasteiger partial charge on any atom is -0.347 e. The summed E-state index contributed by atoms with van der Waals surface area (Å²) in [5, 5.41) is 1.37. The smallest absolute Gasteiger partial charge is 0.0483 e. The summed E-state index contributed by atoms with van der Waals surface area (Å²) in [4.78, 5) is 0. The first kappa shape index (κ1) is 12.7. The number of benzene rings is 1. The van der Waals surface area contributed by atoms with E-state index in [-0.39, 0.29) is 0 Å². The van der Waals surface area contributed by atoms with Crippen molar-refractivity contribution < 1.29 is 0 Å². The summed E-state index contributed by atoms with van der Waals surface area (Å²) >= 11 is 0. The third kappa shape index (κ3) is 2.26. The van der Waals surface area contributed by atoms with E-state index in [0.29, 0.717) is 5.92 Å². The minimum atomic E-state index is 0.498. The molecule has 0 bridgehead atoms. The first-order chi connectivity index (χ1) is 8.81. The van der Waals surface area contributed by atoms with Crippen LogP contribution >= 0.6 is 0 Å². The molecule has 1 heterocycles. The third-order valence-corrected chi connectivity index (χ3v) is 3.50. The number of fused-ring (bicyclic) bond motifs is 1. The maximum atomic E-state index is 3.87. The van der Waals surface area contributed by atoms with Crippen LogP contribution in [0.2, 0.25) is 0 Å².